The van der Waals surface area contributed by atoms with Gasteiger partial charge in [0.2, 0.25) is 0 Å². The van der Waals surface area contributed by atoms with E-state index >= 15 is 0 Å². The maximum absolute atomic E-state index is 3.51. The first-order chi connectivity index (χ1) is 25.7. The van der Waals surface area contributed by atoms with Gasteiger partial charge in [-0.25, -0.2) is 0 Å². The summed E-state index contributed by atoms with van der Waals surface area (Å²) in [6.07, 6.45) is 12.3. The van der Waals surface area contributed by atoms with Crippen molar-refractivity contribution in [1.29, 1.82) is 0 Å². The average Bonchev–Trinajstić information content (AvgIpc) is 3.19. The lowest BCUT2D eigenvalue weighted by molar-refractivity contribution is 0.919. The third kappa shape index (κ3) is 8.83. The Bertz CT molecular complexity index is 2090. The van der Waals surface area contributed by atoms with Gasteiger partial charge in [0.05, 0.1) is 0 Å². The Kier molecular flexibility index (Phi) is 10.5. The highest BCUT2D eigenvalue weighted by molar-refractivity contribution is 5.51. The lowest BCUT2D eigenvalue weighted by Gasteiger charge is -2.11. The van der Waals surface area contributed by atoms with Gasteiger partial charge in [0.15, 0.2) is 0 Å². The van der Waals surface area contributed by atoms with Crippen LogP contribution < -0.4 is 0 Å². The van der Waals surface area contributed by atoms with Gasteiger partial charge >= 0.3 is 0 Å². The summed E-state index contributed by atoms with van der Waals surface area (Å²) < 4.78 is 0. The molecule has 0 amide bonds. The van der Waals surface area contributed by atoms with Crippen LogP contribution in [-0.2, 0) is 77.0 Å². The van der Waals surface area contributed by atoms with E-state index in [1.165, 1.54) is 66.8 Å². The molecule has 0 unspecified atom stereocenters. The van der Waals surface area contributed by atoms with Crippen LogP contribution in [0.2, 0.25) is 0 Å². The maximum atomic E-state index is 3.51. The molecule has 0 saturated carbocycles. The highest BCUT2D eigenvalue weighted by Crippen LogP contribution is 2.21. The van der Waals surface area contributed by atoms with Crippen molar-refractivity contribution in [3.8, 4) is 23.7 Å². The molecule has 12 aliphatic carbocycles. The summed E-state index contributed by atoms with van der Waals surface area (Å²) in [7, 11) is 0. The lowest BCUT2D eigenvalue weighted by Crippen LogP contribution is -2.00. The fraction of sp³-hybridized carbons (Fsp3) is 0.231. The van der Waals surface area contributed by atoms with E-state index in [2.05, 4.69) is 157 Å². The maximum Gasteiger partial charge on any atom is 0.0290 e. The van der Waals surface area contributed by atoms with Crippen molar-refractivity contribution in [1.82, 2.24) is 0 Å². The topological polar surface area (TPSA) is 0 Å². The molecule has 0 aliphatic heterocycles. The highest BCUT2D eigenvalue weighted by atomic mass is 14.1. The van der Waals surface area contributed by atoms with Crippen molar-refractivity contribution < 1.29 is 0 Å². The fourth-order valence-electron chi connectivity index (χ4n) is 7.63. The summed E-state index contributed by atoms with van der Waals surface area (Å²) in [5.74, 6) is 13.6. The molecule has 6 aromatic carbocycles. The van der Waals surface area contributed by atoms with Gasteiger partial charge in [-0.05, 0) is 168 Å². The quantitative estimate of drug-likeness (QED) is 0.141. The molecule has 0 heterocycles. The van der Waals surface area contributed by atoms with Crippen LogP contribution in [0, 0.1) is 23.7 Å². The zero-order valence-corrected chi connectivity index (χ0v) is 30.2. The van der Waals surface area contributed by atoms with Gasteiger partial charge in [-0.2, -0.15) is 0 Å². The monoisotopic (exact) mass is 670 g/mol. The van der Waals surface area contributed by atoms with Crippen molar-refractivity contribution in [2.75, 3.05) is 0 Å². The fourth-order valence-corrected chi connectivity index (χ4v) is 7.63. The first-order valence-electron chi connectivity index (χ1n) is 19.3. The molecule has 12 bridgehead atoms. The van der Waals surface area contributed by atoms with E-state index in [0.717, 1.165) is 88.2 Å². The van der Waals surface area contributed by atoms with Crippen molar-refractivity contribution in [2.24, 2.45) is 0 Å². The van der Waals surface area contributed by atoms with Crippen molar-refractivity contribution in [3.63, 3.8) is 0 Å². The summed E-state index contributed by atoms with van der Waals surface area (Å²) >= 11 is 0. The van der Waals surface area contributed by atoms with Gasteiger partial charge in [0, 0.05) is 11.1 Å². The minimum atomic E-state index is 0.966. The standard InChI is InChI=1S/C52H46/c1(3-51-37-47-27-25-43-13-9-39(10-14-43)5-7-41-17-21-45(22-18-41)29-33-49(51)35-31-47)2-4-52-38-48-28-26-44-15-11-40(12-16-44)6-8-42-19-23-46(24-20-42)30-34-50(52)36-32-48/h9-24,31-32,35-38H,5-8,25-30,33-34H2. The van der Waals surface area contributed by atoms with Gasteiger partial charge in [0.25, 0.3) is 0 Å². The first-order valence-corrected chi connectivity index (χ1v) is 19.3. The molecule has 52 heavy (non-hydrogen) atoms. The molecular formula is C52H46. The average molecular weight is 671 g/mol. The van der Waals surface area contributed by atoms with E-state index in [9.17, 15) is 0 Å². The Morgan fingerprint density at radius 3 is 0.712 bits per heavy atom. The second kappa shape index (κ2) is 16.2. The number of hydrogen-bond donors (Lipinski definition) is 0. The van der Waals surface area contributed by atoms with E-state index < -0.39 is 0 Å². The molecule has 0 atom stereocenters. The van der Waals surface area contributed by atoms with Gasteiger partial charge in [-0.15, -0.1) is 0 Å². The Labute approximate surface area is 311 Å². The van der Waals surface area contributed by atoms with Crippen LogP contribution in [-0.4, -0.2) is 0 Å². The number of benzene rings is 6. The van der Waals surface area contributed by atoms with Crippen molar-refractivity contribution in [3.05, 3.63) is 211 Å². The Hall–Kier alpha value is -5.56. The molecule has 12 aliphatic rings. The molecule has 0 N–H and O–H groups in total. The molecule has 0 saturated heterocycles. The van der Waals surface area contributed by atoms with Crippen LogP contribution in [0.1, 0.15) is 77.9 Å². The Balaban J connectivity index is 1.07. The Morgan fingerprint density at radius 2 is 0.442 bits per heavy atom. The Morgan fingerprint density at radius 1 is 0.231 bits per heavy atom. The van der Waals surface area contributed by atoms with Crippen molar-refractivity contribution >= 4 is 0 Å². The summed E-state index contributed by atoms with van der Waals surface area (Å²) in [5.41, 5.74) is 18.6. The molecule has 18 rings (SSSR count). The molecule has 254 valence electrons. The predicted octanol–water partition coefficient (Wildman–Crippen LogP) is 10.4. The van der Waals surface area contributed by atoms with Gasteiger partial charge < -0.3 is 0 Å². The van der Waals surface area contributed by atoms with Crippen LogP contribution in [0.3, 0.4) is 0 Å². The van der Waals surface area contributed by atoms with Crippen LogP contribution in [0.5, 0.6) is 0 Å². The van der Waals surface area contributed by atoms with Gasteiger partial charge in [0.1, 0.15) is 0 Å². The first kappa shape index (κ1) is 33.6. The van der Waals surface area contributed by atoms with E-state index in [0.29, 0.717) is 0 Å². The van der Waals surface area contributed by atoms with Crippen LogP contribution in [0.25, 0.3) is 0 Å². The molecular weight excluding hydrogens is 625 g/mol. The smallest absolute Gasteiger partial charge is 0.0290 e. The molecule has 0 aromatic heterocycles. The summed E-state index contributed by atoms with van der Waals surface area (Å²) in [5, 5.41) is 0. The lowest BCUT2D eigenvalue weighted by atomic mass is 9.94. The summed E-state index contributed by atoms with van der Waals surface area (Å²) in [4.78, 5) is 0. The normalized spacial score (nSPS) is 14.1. The third-order valence-corrected chi connectivity index (χ3v) is 11.1. The molecule has 6 aromatic rings. The number of aryl methyl sites for hydroxylation is 12. The number of rotatable bonds is 0. The van der Waals surface area contributed by atoms with E-state index in [4.69, 9.17) is 0 Å². The second-order valence-corrected chi connectivity index (χ2v) is 14.7. The van der Waals surface area contributed by atoms with E-state index in [1.807, 2.05) is 0 Å². The largest absolute Gasteiger partial charge is 0.0588 e. The van der Waals surface area contributed by atoms with Crippen molar-refractivity contribution in [2.45, 2.75) is 77.0 Å². The van der Waals surface area contributed by atoms with Gasteiger partial charge in [-0.1, -0.05) is 133 Å². The second-order valence-electron chi connectivity index (χ2n) is 14.7. The molecule has 0 fully saturated rings. The SMILES string of the molecule is C(C#Cc1cc2ccc1CCc1ccc(cc1)CCc1ccc(cc1)CC2)#Cc1cc2ccc1CCc1ccc(cc1)CCc1ccc(cc1)CC2. The van der Waals surface area contributed by atoms with E-state index in [1.54, 1.807) is 0 Å². The predicted molar refractivity (Wildman–Crippen MR) is 217 cm³/mol. The summed E-state index contributed by atoms with van der Waals surface area (Å²) in [6, 6.07) is 50.7. The molecule has 0 nitrogen and oxygen atoms in total. The summed E-state index contributed by atoms with van der Waals surface area (Å²) in [6.45, 7) is 0. The minimum absolute atomic E-state index is 0.966. The highest BCUT2D eigenvalue weighted by Gasteiger charge is 2.08. The third-order valence-electron chi connectivity index (χ3n) is 11.1. The van der Waals surface area contributed by atoms with E-state index in [-0.39, 0.29) is 0 Å². The van der Waals surface area contributed by atoms with Crippen LogP contribution in [0.15, 0.2) is 133 Å². The molecule has 0 heteroatoms. The van der Waals surface area contributed by atoms with Crippen LogP contribution >= 0.6 is 0 Å². The molecule has 0 spiro atoms. The molecule has 0 radical (unpaired) electrons. The van der Waals surface area contributed by atoms with Crippen LogP contribution in [0.4, 0.5) is 0 Å². The van der Waals surface area contributed by atoms with Gasteiger partial charge in [-0.3, -0.25) is 0 Å². The minimum Gasteiger partial charge on any atom is -0.0588 e. The zero-order chi connectivity index (χ0) is 35.0. The number of hydrogen-bond acceptors (Lipinski definition) is 0. The zero-order valence-electron chi connectivity index (χ0n) is 30.2.